The molecule has 4 aromatic carbocycles. The van der Waals surface area contributed by atoms with Crippen molar-refractivity contribution in [2.24, 2.45) is 5.10 Å². The normalized spacial score (nSPS) is 10.6. The largest absolute Gasteiger partial charge is 0.493 e. The first-order chi connectivity index (χ1) is 20.7. The zero-order valence-corrected chi connectivity index (χ0v) is 24.7. The van der Waals surface area contributed by atoms with Gasteiger partial charge in [-0.25, -0.2) is 10.2 Å². The highest BCUT2D eigenvalue weighted by molar-refractivity contribution is 6.37. The molecule has 0 saturated carbocycles. The van der Waals surface area contributed by atoms with Gasteiger partial charge in [-0.05, 0) is 54.6 Å². The summed E-state index contributed by atoms with van der Waals surface area (Å²) in [7, 11) is 4.33. The van der Waals surface area contributed by atoms with Crippen molar-refractivity contribution in [2.45, 2.75) is 0 Å². The number of halogens is 2. The van der Waals surface area contributed by atoms with Gasteiger partial charge < -0.3 is 24.3 Å². The fourth-order valence-electron chi connectivity index (χ4n) is 3.91. The van der Waals surface area contributed by atoms with Gasteiger partial charge in [0.15, 0.2) is 11.5 Å². The maximum atomic E-state index is 13.0. The van der Waals surface area contributed by atoms with Crippen LogP contribution < -0.4 is 29.7 Å². The van der Waals surface area contributed by atoms with Crippen LogP contribution in [0.15, 0.2) is 84.0 Å². The fourth-order valence-corrected chi connectivity index (χ4v) is 4.41. The van der Waals surface area contributed by atoms with Gasteiger partial charge in [0.05, 0.1) is 54.9 Å². The van der Waals surface area contributed by atoms with E-state index >= 15 is 0 Å². The second kappa shape index (κ2) is 14.2. The van der Waals surface area contributed by atoms with Gasteiger partial charge in [-0.15, -0.1) is 0 Å². The van der Waals surface area contributed by atoms with Crippen molar-refractivity contribution < 1.29 is 33.3 Å². The minimum atomic E-state index is -0.686. The molecule has 10 nitrogen and oxygen atoms in total. The molecule has 0 aliphatic rings. The van der Waals surface area contributed by atoms with E-state index in [1.54, 1.807) is 42.5 Å². The van der Waals surface area contributed by atoms with Crippen molar-refractivity contribution in [1.82, 2.24) is 5.43 Å². The van der Waals surface area contributed by atoms with Crippen molar-refractivity contribution in [3.8, 4) is 23.0 Å². The van der Waals surface area contributed by atoms with E-state index in [0.29, 0.717) is 27.8 Å². The van der Waals surface area contributed by atoms with Crippen LogP contribution in [-0.2, 0) is 0 Å². The van der Waals surface area contributed by atoms with E-state index in [1.807, 2.05) is 0 Å². The van der Waals surface area contributed by atoms with Crippen LogP contribution in [0.25, 0.3) is 0 Å². The number of amides is 2. The van der Waals surface area contributed by atoms with Crippen LogP contribution in [0.1, 0.15) is 36.6 Å². The molecule has 0 bridgehead atoms. The number of carbonyl (C=O) groups is 3. The zero-order chi connectivity index (χ0) is 30.9. The Hall–Kier alpha value is -5.06. The highest BCUT2D eigenvalue weighted by Gasteiger charge is 2.20. The first-order valence-electron chi connectivity index (χ1n) is 12.6. The Bertz CT molecular complexity index is 1680. The molecule has 0 heterocycles. The Morgan fingerprint density at radius 1 is 0.744 bits per heavy atom. The number of anilines is 1. The van der Waals surface area contributed by atoms with E-state index < -0.39 is 17.8 Å². The van der Waals surface area contributed by atoms with Crippen LogP contribution in [0.4, 0.5) is 5.69 Å². The molecule has 43 heavy (non-hydrogen) atoms. The van der Waals surface area contributed by atoms with Crippen molar-refractivity contribution >= 4 is 52.9 Å². The molecule has 0 aliphatic heterocycles. The third kappa shape index (κ3) is 7.42. The molecule has 0 atom stereocenters. The first-order valence-corrected chi connectivity index (χ1v) is 13.3. The average molecular weight is 622 g/mol. The van der Waals surface area contributed by atoms with Gasteiger partial charge in [-0.1, -0.05) is 47.5 Å². The monoisotopic (exact) mass is 621 g/mol. The predicted molar refractivity (Wildman–Crippen MR) is 163 cm³/mol. The number of esters is 1. The summed E-state index contributed by atoms with van der Waals surface area (Å²) in [6.45, 7) is 0. The van der Waals surface area contributed by atoms with Crippen molar-refractivity contribution in [1.29, 1.82) is 0 Å². The summed E-state index contributed by atoms with van der Waals surface area (Å²) < 4.78 is 21.5. The van der Waals surface area contributed by atoms with E-state index in [4.69, 9.17) is 42.1 Å². The number of para-hydroxylation sites is 2. The number of nitrogens with zero attached hydrogens (tertiary/aromatic N) is 1. The lowest BCUT2D eigenvalue weighted by Gasteiger charge is -2.14. The maximum Gasteiger partial charge on any atom is 0.343 e. The minimum absolute atomic E-state index is 0.153. The second-order valence-electron chi connectivity index (χ2n) is 8.66. The summed E-state index contributed by atoms with van der Waals surface area (Å²) in [6.07, 6.45) is 1.32. The molecule has 12 heteroatoms. The van der Waals surface area contributed by atoms with E-state index in [0.717, 1.165) is 0 Å². The third-order valence-electron chi connectivity index (χ3n) is 5.99. The molecule has 220 valence electrons. The van der Waals surface area contributed by atoms with Gasteiger partial charge in [0.2, 0.25) is 5.75 Å². The number of rotatable bonds is 10. The van der Waals surface area contributed by atoms with Gasteiger partial charge in [0.1, 0.15) is 5.75 Å². The Morgan fingerprint density at radius 3 is 2.09 bits per heavy atom. The van der Waals surface area contributed by atoms with Crippen LogP contribution >= 0.6 is 23.2 Å². The lowest BCUT2D eigenvalue weighted by Crippen LogP contribution is -2.21. The van der Waals surface area contributed by atoms with Crippen LogP contribution in [0, 0.1) is 0 Å². The molecule has 4 aromatic rings. The quantitative estimate of drug-likeness (QED) is 0.0927. The Kier molecular flexibility index (Phi) is 10.2. The van der Waals surface area contributed by atoms with E-state index in [9.17, 15) is 14.4 Å². The molecule has 2 amide bonds. The molecule has 4 rings (SSSR count). The maximum absolute atomic E-state index is 13.0. The lowest BCUT2D eigenvalue weighted by molar-refractivity contribution is 0.0733. The second-order valence-corrected chi connectivity index (χ2v) is 9.51. The number of hydrazone groups is 1. The highest BCUT2D eigenvalue weighted by atomic mass is 35.5. The Morgan fingerprint density at radius 2 is 1.42 bits per heavy atom. The summed E-state index contributed by atoms with van der Waals surface area (Å²) >= 11 is 12.1. The van der Waals surface area contributed by atoms with E-state index in [1.165, 1.54) is 63.9 Å². The third-order valence-corrected chi connectivity index (χ3v) is 6.54. The molecule has 0 aromatic heterocycles. The van der Waals surface area contributed by atoms with Gasteiger partial charge in [0, 0.05) is 10.6 Å². The van der Waals surface area contributed by atoms with Crippen molar-refractivity contribution in [2.75, 3.05) is 26.6 Å². The lowest BCUT2D eigenvalue weighted by atomic mass is 10.1. The first kappa shape index (κ1) is 30.9. The van der Waals surface area contributed by atoms with Crippen LogP contribution in [-0.4, -0.2) is 45.3 Å². The van der Waals surface area contributed by atoms with E-state index in [-0.39, 0.29) is 33.1 Å². The molecule has 0 fully saturated rings. The van der Waals surface area contributed by atoms with Gasteiger partial charge in [-0.2, -0.15) is 5.10 Å². The van der Waals surface area contributed by atoms with Crippen LogP contribution in [0.5, 0.6) is 23.0 Å². The summed E-state index contributed by atoms with van der Waals surface area (Å²) in [4.78, 5) is 38.8. The SMILES string of the molecule is COc1cc(C(=O)Oc2ccccc2/C=N\NC(=O)c2ccccc2NC(=O)c2ccc(Cl)cc2Cl)cc(OC)c1OC. The Labute approximate surface area is 257 Å². The molecule has 0 unspecified atom stereocenters. The standard InChI is InChI=1S/C31H25Cl2N3O7/c1-40-26-14-19(15-27(41-2)28(26)42-3)31(39)43-25-11-7-4-8-18(25)17-34-36-30(38)22-9-5-6-10-24(22)35-29(37)21-13-12-20(32)16-23(21)33/h4-17H,1-3H3,(H,35,37)(H,36,38)/b34-17-. The summed E-state index contributed by atoms with van der Waals surface area (Å²) in [5, 5.41) is 7.25. The van der Waals surface area contributed by atoms with Crippen LogP contribution in [0.2, 0.25) is 10.0 Å². The average Bonchev–Trinajstić information content (AvgIpc) is 3.01. The molecular weight excluding hydrogens is 597 g/mol. The smallest absolute Gasteiger partial charge is 0.343 e. The number of ether oxygens (including phenoxy) is 4. The number of carbonyl (C=O) groups excluding carboxylic acids is 3. The Balaban J connectivity index is 1.48. The molecule has 0 radical (unpaired) electrons. The molecular formula is C31H25Cl2N3O7. The minimum Gasteiger partial charge on any atom is -0.493 e. The number of nitrogens with one attached hydrogen (secondary N) is 2. The van der Waals surface area contributed by atoms with Gasteiger partial charge in [-0.3, -0.25) is 9.59 Å². The molecule has 2 N–H and O–H groups in total. The molecule has 0 saturated heterocycles. The number of benzene rings is 4. The highest BCUT2D eigenvalue weighted by Crippen LogP contribution is 2.38. The number of hydrogen-bond donors (Lipinski definition) is 2. The molecule has 0 aliphatic carbocycles. The predicted octanol–water partition coefficient (Wildman–Crippen LogP) is 6.25. The van der Waals surface area contributed by atoms with Crippen LogP contribution in [0.3, 0.4) is 0 Å². The zero-order valence-electron chi connectivity index (χ0n) is 23.1. The van der Waals surface area contributed by atoms with E-state index in [2.05, 4.69) is 15.8 Å². The molecule has 0 spiro atoms. The number of methoxy groups -OCH3 is 3. The number of hydrogen-bond acceptors (Lipinski definition) is 8. The van der Waals surface area contributed by atoms with Gasteiger partial charge in [0.25, 0.3) is 11.8 Å². The van der Waals surface area contributed by atoms with Crippen molar-refractivity contribution in [3.05, 3.63) is 111 Å². The topological polar surface area (TPSA) is 125 Å². The van der Waals surface area contributed by atoms with Crippen molar-refractivity contribution in [3.63, 3.8) is 0 Å². The summed E-state index contributed by atoms with van der Waals surface area (Å²) in [6, 6.07) is 20.4. The summed E-state index contributed by atoms with van der Waals surface area (Å²) in [5.41, 5.74) is 3.57. The van der Waals surface area contributed by atoms with Gasteiger partial charge >= 0.3 is 5.97 Å². The summed E-state index contributed by atoms with van der Waals surface area (Å²) in [5.74, 6) is -0.700. The fraction of sp³-hybridized carbons (Fsp3) is 0.0968.